The fourth-order valence-electron chi connectivity index (χ4n) is 0.581. The summed E-state index contributed by atoms with van der Waals surface area (Å²) in [6.07, 6.45) is 0.827. The molecule has 1 atom stereocenters. The zero-order valence-electron chi connectivity index (χ0n) is 7.29. The van der Waals surface area contributed by atoms with E-state index in [1.807, 2.05) is 0 Å². The lowest BCUT2D eigenvalue weighted by molar-refractivity contribution is -0.145. The van der Waals surface area contributed by atoms with Crippen LogP contribution in [0.1, 0.15) is 20.3 Å². The van der Waals surface area contributed by atoms with Gasteiger partial charge in [-0.25, -0.2) is 4.79 Å². The Hall–Kier alpha value is -1.32. The second kappa shape index (κ2) is 5.35. The van der Waals surface area contributed by atoms with Crippen LogP contribution in [0.3, 0.4) is 0 Å². The van der Waals surface area contributed by atoms with Crippen LogP contribution in [-0.2, 0) is 14.3 Å². The van der Waals surface area contributed by atoms with Gasteiger partial charge in [-0.15, -0.1) is 0 Å². The third-order valence-corrected chi connectivity index (χ3v) is 1.14. The third-order valence-electron chi connectivity index (χ3n) is 1.14. The molecular formula is C8H13NO3. The molecule has 1 amide bonds. The predicted molar refractivity (Wildman–Crippen MR) is 44.2 cm³/mol. The van der Waals surface area contributed by atoms with E-state index in [9.17, 15) is 9.59 Å². The van der Waals surface area contributed by atoms with Gasteiger partial charge in [-0.1, -0.05) is 13.5 Å². The SMILES string of the molecule is C=CC(=O)OC(C)NC(=O)CC. The largest absolute Gasteiger partial charge is 0.439 e. The second-order valence-electron chi connectivity index (χ2n) is 2.20. The van der Waals surface area contributed by atoms with E-state index in [0.717, 1.165) is 6.08 Å². The molecule has 12 heavy (non-hydrogen) atoms. The molecule has 0 saturated carbocycles. The highest BCUT2D eigenvalue weighted by atomic mass is 16.6. The Balaban J connectivity index is 3.73. The van der Waals surface area contributed by atoms with Crippen LogP contribution in [0.5, 0.6) is 0 Å². The summed E-state index contributed by atoms with van der Waals surface area (Å²) in [5.41, 5.74) is 0. The minimum absolute atomic E-state index is 0.153. The maximum Gasteiger partial charge on any atom is 0.332 e. The van der Waals surface area contributed by atoms with Crippen molar-refractivity contribution in [2.24, 2.45) is 0 Å². The molecule has 0 aliphatic rings. The number of nitrogens with one attached hydrogen (secondary N) is 1. The highest BCUT2D eigenvalue weighted by Gasteiger charge is 2.07. The Labute approximate surface area is 71.6 Å². The summed E-state index contributed by atoms with van der Waals surface area (Å²) in [5.74, 6) is -0.696. The molecule has 0 fully saturated rings. The van der Waals surface area contributed by atoms with E-state index in [4.69, 9.17) is 0 Å². The van der Waals surface area contributed by atoms with Gasteiger partial charge in [0.25, 0.3) is 0 Å². The van der Waals surface area contributed by atoms with E-state index in [1.54, 1.807) is 13.8 Å². The lowest BCUT2D eigenvalue weighted by Gasteiger charge is -2.12. The fraction of sp³-hybridized carbons (Fsp3) is 0.500. The van der Waals surface area contributed by atoms with Crippen LogP contribution in [0.25, 0.3) is 0 Å². The van der Waals surface area contributed by atoms with Crippen LogP contribution in [0.2, 0.25) is 0 Å². The molecule has 0 heterocycles. The molecule has 68 valence electrons. The van der Waals surface area contributed by atoms with Crippen molar-refractivity contribution in [2.45, 2.75) is 26.5 Å². The average Bonchev–Trinajstić information content (AvgIpc) is 2.03. The van der Waals surface area contributed by atoms with Crippen molar-refractivity contribution >= 4 is 11.9 Å². The number of hydrogen-bond acceptors (Lipinski definition) is 3. The van der Waals surface area contributed by atoms with Crippen LogP contribution >= 0.6 is 0 Å². The molecule has 0 rings (SSSR count). The van der Waals surface area contributed by atoms with Crippen molar-refractivity contribution in [3.63, 3.8) is 0 Å². The molecule has 0 aromatic heterocycles. The summed E-state index contributed by atoms with van der Waals surface area (Å²) in [6.45, 7) is 6.52. The number of hydrogen-bond donors (Lipinski definition) is 1. The summed E-state index contributed by atoms with van der Waals surface area (Å²) in [5, 5.41) is 2.46. The van der Waals surface area contributed by atoms with Crippen LogP contribution in [0.4, 0.5) is 0 Å². The van der Waals surface area contributed by atoms with E-state index >= 15 is 0 Å². The molecule has 0 saturated heterocycles. The second-order valence-corrected chi connectivity index (χ2v) is 2.20. The molecule has 0 radical (unpaired) electrons. The number of esters is 1. The molecule has 0 spiro atoms. The van der Waals surface area contributed by atoms with E-state index in [1.165, 1.54) is 0 Å². The third kappa shape index (κ3) is 4.49. The zero-order chi connectivity index (χ0) is 9.56. The minimum atomic E-state index is -0.594. The van der Waals surface area contributed by atoms with E-state index in [0.29, 0.717) is 6.42 Å². The van der Waals surface area contributed by atoms with Gasteiger partial charge in [-0.3, -0.25) is 4.79 Å². The van der Waals surface area contributed by atoms with E-state index < -0.39 is 12.2 Å². The summed E-state index contributed by atoms with van der Waals surface area (Å²) >= 11 is 0. The van der Waals surface area contributed by atoms with Crippen molar-refractivity contribution in [1.82, 2.24) is 5.32 Å². The monoisotopic (exact) mass is 171 g/mol. The maximum atomic E-state index is 10.8. The van der Waals surface area contributed by atoms with Gasteiger partial charge in [-0.2, -0.15) is 0 Å². The van der Waals surface area contributed by atoms with Crippen molar-refractivity contribution in [1.29, 1.82) is 0 Å². The van der Waals surface area contributed by atoms with Gasteiger partial charge in [0.2, 0.25) is 5.91 Å². The molecule has 0 aromatic carbocycles. The quantitative estimate of drug-likeness (QED) is 0.382. The Kier molecular flexibility index (Phi) is 4.76. The van der Waals surface area contributed by atoms with Crippen LogP contribution < -0.4 is 5.32 Å². The normalized spacial score (nSPS) is 11.5. The Bertz CT molecular complexity index is 189. The van der Waals surface area contributed by atoms with Gasteiger partial charge in [-0.05, 0) is 6.92 Å². The molecule has 0 aliphatic heterocycles. The Morgan fingerprint density at radius 3 is 2.67 bits per heavy atom. The van der Waals surface area contributed by atoms with Gasteiger partial charge < -0.3 is 10.1 Å². The van der Waals surface area contributed by atoms with Crippen LogP contribution in [0, 0.1) is 0 Å². The highest BCUT2D eigenvalue weighted by molar-refractivity contribution is 5.82. The van der Waals surface area contributed by atoms with Gasteiger partial charge in [0, 0.05) is 12.5 Å². The molecule has 0 aliphatic carbocycles. The summed E-state index contributed by atoms with van der Waals surface area (Å²) in [6, 6.07) is 0. The Morgan fingerprint density at radius 2 is 2.25 bits per heavy atom. The van der Waals surface area contributed by atoms with E-state index in [-0.39, 0.29) is 5.91 Å². The standard InChI is InChI=1S/C8H13NO3/c1-4-7(10)9-6(3)12-8(11)5-2/h5-6H,2,4H2,1,3H3,(H,9,10). The molecule has 0 aromatic rings. The summed E-state index contributed by atoms with van der Waals surface area (Å²) < 4.78 is 4.68. The smallest absolute Gasteiger partial charge is 0.332 e. The zero-order valence-corrected chi connectivity index (χ0v) is 7.29. The van der Waals surface area contributed by atoms with Crippen molar-refractivity contribution in [2.75, 3.05) is 0 Å². The molecular weight excluding hydrogens is 158 g/mol. The van der Waals surface area contributed by atoms with Crippen LogP contribution in [0.15, 0.2) is 12.7 Å². The topological polar surface area (TPSA) is 55.4 Å². The minimum Gasteiger partial charge on any atom is -0.439 e. The van der Waals surface area contributed by atoms with Crippen LogP contribution in [-0.4, -0.2) is 18.1 Å². The number of amides is 1. The summed E-state index contributed by atoms with van der Waals surface area (Å²) in [4.78, 5) is 21.4. The average molecular weight is 171 g/mol. The first-order chi connectivity index (χ1) is 5.60. The predicted octanol–water partition coefficient (Wildman–Crippen LogP) is 0.588. The lowest BCUT2D eigenvalue weighted by atomic mass is 10.4. The maximum absolute atomic E-state index is 10.8. The molecule has 1 N–H and O–H groups in total. The summed E-state index contributed by atoms with van der Waals surface area (Å²) in [7, 11) is 0. The highest BCUT2D eigenvalue weighted by Crippen LogP contribution is 1.88. The lowest BCUT2D eigenvalue weighted by Crippen LogP contribution is -2.35. The Morgan fingerprint density at radius 1 is 1.67 bits per heavy atom. The van der Waals surface area contributed by atoms with Gasteiger partial charge in [0.15, 0.2) is 6.23 Å². The van der Waals surface area contributed by atoms with Gasteiger partial charge >= 0.3 is 5.97 Å². The van der Waals surface area contributed by atoms with Crippen molar-refractivity contribution in [3.8, 4) is 0 Å². The van der Waals surface area contributed by atoms with Gasteiger partial charge in [0.1, 0.15) is 0 Å². The number of carbonyl (C=O) groups excluding carboxylic acids is 2. The van der Waals surface area contributed by atoms with Crippen molar-refractivity contribution in [3.05, 3.63) is 12.7 Å². The first-order valence-electron chi connectivity index (χ1n) is 3.72. The number of carbonyl (C=O) groups is 2. The molecule has 4 nitrogen and oxygen atoms in total. The first kappa shape index (κ1) is 10.7. The number of ether oxygens (including phenoxy) is 1. The molecule has 4 heteroatoms. The molecule has 1 unspecified atom stereocenters. The first-order valence-corrected chi connectivity index (χ1v) is 3.72. The van der Waals surface area contributed by atoms with Crippen molar-refractivity contribution < 1.29 is 14.3 Å². The number of rotatable bonds is 4. The molecule has 0 bridgehead atoms. The van der Waals surface area contributed by atoms with Gasteiger partial charge in [0.05, 0.1) is 0 Å². The van der Waals surface area contributed by atoms with E-state index in [2.05, 4.69) is 16.6 Å². The fourth-order valence-corrected chi connectivity index (χ4v) is 0.581.